The summed E-state index contributed by atoms with van der Waals surface area (Å²) in [4.78, 5) is 24.1. The van der Waals surface area contributed by atoms with E-state index in [0.717, 1.165) is 31.6 Å². The maximum atomic E-state index is 12.6. The number of allylic oxidation sites excluding steroid dienone is 2. The van der Waals surface area contributed by atoms with Crippen LogP contribution in [0.4, 0.5) is 0 Å². The number of amides is 1. The highest BCUT2D eigenvalue weighted by Crippen LogP contribution is 2.48. The number of carboxylic acids is 1. The molecule has 7 unspecified atom stereocenters. The average molecular weight is 291 g/mol. The van der Waals surface area contributed by atoms with Gasteiger partial charge in [-0.15, -0.1) is 0 Å². The number of carbonyl (C=O) groups is 2. The van der Waals surface area contributed by atoms with Crippen LogP contribution < -0.4 is 5.32 Å². The molecule has 4 nitrogen and oxygen atoms in total. The van der Waals surface area contributed by atoms with Gasteiger partial charge in [0, 0.05) is 6.04 Å². The first-order chi connectivity index (χ1) is 9.97. The summed E-state index contributed by atoms with van der Waals surface area (Å²) in [7, 11) is 0. The van der Waals surface area contributed by atoms with Crippen molar-refractivity contribution < 1.29 is 14.7 Å². The van der Waals surface area contributed by atoms with Crippen LogP contribution in [0.25, 0.3) is 0 Å². The fourth-order valence-corrected chi connectivity index (χ4v) is 4.68. The summed E-state index contributed by atoms with van der Waals surface area (Å²) in [5.74, 6) is -0.383. The molecule has 0 spiro atoms. The molecule has 3 aliphatic rings. The van der Waals surface area contributed by atoms with Crippen LogP contribution in [-0.4, -0.2) is 23.0 Å². The first-order valence-corrected chi connectivity index (χ1v) is 8.19. The zero-order chi connectivity index (χ0) is 15.1. The second-order valence-corrected chi connectivity index (χ2v) is 7.35. The molecule has 2 saturated carbocycles. The van der Waals surface area contributed by atoms with E-state index in [1.54, 1.807) is 0 Å². The summed E-state index contributed by atoms with van der Waals surface area (Å²) in [6.07, 6.45) is 8.16. The fraction of sp³-hybridized carbons (Fsp3) is 0.765. The highest BCUT2D eigenvalue weighted by atomic mass is 16.4. The van der Waals surface area contributed by atoms with Crippen LogP contribution in [0.5, 0.6) is 0 Å². The van der Waals surface area contributed by atoms with E-state index >= 15 is 0 Å². The van der Waals surface area contributed by atoms with Gasteiger partial charge in [0.15, 0.2) is 0 Å². The van der Waals surface area contributed by atoms with Crippen molar-refractivity contribution in [3.05, 3.63) is 12.2 Å². The number of hydrogen-bond donors (Lipinski definition) is 2. The average Bonchev–Trinajstić information content (AvgIpc) is 3.02. The van der Waals surface area contributed by atoms with Gasteiger partial charge >= 0.3 is 5.97 Å². The molecule has 0 aromatic heterocycles. The van der Waals surface area contributed by atoms with E-state index in [4.69, 9.17) is 0 Å². The Morgan fingerprint density at radius 2 is 1.71 bits per heavy atom. The van der Waals surface area contributed by atoms with Gasteiger partial charge in [0.25, 0.3) is 0 Å². The summed E-state index contributed by atoms with van der Waals surface area (Å²) >= 11 is 0. The third kappa shape index (κ3) is 2.60. The van der Waals surface area contributed by atoms with Crippen molar-refractivity contribution in [2.75, 3.05) is 0 Å². The standard InChI is InChI=1S/C17H25NO3/c1-9-3-6-13(10(2)7-9)18-16(19)14-11-4-5-12(8-11)15(14)17(20)21/h4-5,9-15H,3,6-8H2,1-2H3,(H,18,19)(H,20,21). The summed E-state index contributed by atoms with van der Waals surface area (Å²) in [5, 5.41) is 12.6. The quantitative estimate of drug-likeness (QED) is 0.785. The van der Waals surface area contributed by atoms with E-state index in [2.05, 4.69) is 19.2 Å². The van der Waals surface area contributed by atoms with E-state index in [-0.39, 0.29) is 29.7 Å². The number of fused-ring (bicyclic) bond motifs is 2. The van der Waals surface area contributed by atoms with Crippen molar-refractivity contribution in [1.29, 1.82) is 0 Å². The highest BCUT2D eigenvalue weighted by Gasteiger charge is 2.52. The second kappa shape index (κ2) is 5.47. The van der Waals surface area contributed by atoms with Crippen molar-refractivity contribution in [1.82, 2.24) is 5.32 Å². The Bertz CT molecular complexity index is 473. The van der Waals surface area contributed by atoms with Crippen LogP contribution >= 0.6 is 0 Å². The molecule has 3 rings (SSSR count). The molecule has 2 fully saturated rings. The van der Waals surface area contributed by atoms with Crippen LogP contribution in [0.15, 0.2) is 12.2 Å². The number of aliphatic carboxylic acids is 1. The van der Waals surface area contributed by atoms with Gasteiger partial charge in [0.05, 0.1) is 11.8 Å². The number of nitrogens with one attached hydrogen (secondary N) is 1. The van der Waals surface area contributed by atoms with E-state index in [1.165, 1.54) is 0 Å². The lowest BCUT2D eigenvalue weighted by Crippen LogP contribution is -2.48. The summed E-state index contributed by atoms with van der Waals surface area (Å²) in [6, 6.07) is 0.214. The third-order valence-corrected chi connectivity index (χ3v) is 5.81. The van der Waals surface area contributed by atoms with E-state index < -0.39 is 11.9 Å². The molecule has 7 atom stereocenters. The minimum absolute atomic E-state index is 0.0364. The molecule has 116 valence electrons. The smallest absolute Gasteiger partial charge is 0.307 e. The predicted octanol–water partition coefficient (Wildman–Crippen LogP) is 2.45. The summed E-state index contributed by atoms with van der Waals surface area (Å²) in [5.41, 5.74) is 0. The first kappa shape index (κ1) is 14.6. The summed E-state index contributed by atoms with van der Waals surface area (Å²) < 4.78 is 0. The lowest BCUT2D eigenvalue weighted by Gasteiger charge is -2.35. The molecule has 0 heterocycles. The lowest BCUT2D eigenvalue weighted by atomic mass is 9.78. The predicted molar refractivity (Wildman–Crippen MR) is 79.5 cm³/mol. The van der Waals surface area contributed by atoms with Crippen molar-refractivity contribution >= 4 is 11.9 Å². The van der Waals surface area contributed by atoms with Crippen LogP contribution in [-0.2, 0) is 9.59 Å². The maximum absolute atomic E-state index is 12.6. The van der Waals surface area contributed by atoms with Gasteiger partial charge < -0.3 is 10.4 Å². The Hall–Kier alpha value is -1.32. The zero-order valence-electron chi connectivity index (χ0n) is 12.8. The SMILES string of the molecule is CC1CCC(NC(=O)C2C3C=CC(C3)C2C(=O)O)C(C)C1. The molecule has 21 heavy (non-hydrogen) atoms. The van der Waals surface area contributed by atoms with E-state index in [9.17, 15) is 14.7 Å². The molecule has 2 N–H and O–H groups in total. The Morgan fingerprint density at radius 3 is 2.33 bits per heavy atom. The Morgan fingerprint density at radius 1 is 1.05 bits per heavy atom. The molecular formula is C17H25NO3. The Balaban J connectivity index is 1.68. The molecule has 0 aromatic rings. The lowest BCUT2D eigenvalue weighted by molar-refractivity contribution is -0.148. The molecule has 0 aromatic carbocycles. The number of hydrogen-bond acceptors (Lipinski definition) is 2. The van der Waals surface area contributed by atoms with Gasteiger partial charge in [-0.1, -0.05) is 26.0 Å². The largest absolute Gasteiger partial charge is 0.481 e. The Kier molecular flexibility index (Phi) is 3.80. The minimum atomic E-state index is -0.822. The number of rotatable bonds is 3. The Labute approximate surface area is 126 Å². The monoisotopic (exact) mass is 291 g/mol. The van der Waals surface area contributed by atoms with Gasteiger partial charge in [-0.25, -0.2) is 0 Å². The van der Waals surface area contributed by atoms with Crippen LogP contribution in [0.3, 0.4) is 0 Å². The molecule has 3 aliphatic carbocycles. The van der Waals surface area contributed by atoms with E-state index in [0.29, 0.717) is 5.92 Å². The van der Waals surface area contributed by atoms with Crippen LogP contribution in [0.2, 0.25) is 0 Å². The topological polar surface area (TPSA) is 66.4 Å². The zero-order valence-corrected chi connectivity index (χ0v) is 12.8. The van der Waals surface area contributed by atoms with Gasteiger partial charge in [0.2, 0.25) is 5.91 Å². The maximum Gasteiger partial charge on any atom is 0.307 e. The molecular weight excluding hydrogens is 266 g/mol. The van der Waals surface area contributed by atoms with Gasteiger partial charge in [-0.2, -0.15) is 0 Å². The van der Waals surface area contributed by atoms with Crippen molar-refractivity contribution in [2.45, 2.75) is 45.6 Å². The summed E-state index contributed by atoms with van der Waals surface area (Å²) in [6.45, 7) is 4.45. The fourth-order valence-electron chi connectivity index (χ4n) is 4.68. The van der Waals surface area contributed by atoms with Crippen molar-refractivity contribution in [2.24, 2.45) is 35.5 Å². The van der Waals surface area contributed by atoms with Crippen LogP contribution in [0, 0.1) is 35.5 Å². The van der Waals surface area contributed by atoms with Crippen LogP contribution in [0.1, 0.15) is 39.5 Å². The normalized spacial score (nSPS) is 44.8. The van der Waals surface area contributed by atoms with Crippen molar-refractivity contribution in [3.63, 3.8) is 0 Å². The first-order valence-electron chi connectivity index (χ1n) is 8.19. The third-order valence-electron chi connectivity index (χ3n) is 5.81. The second-order valence-electron chi connectivity index (χ2n) is 7.35. The minimum Gasteiger partial charge on any atom is -0.481 e. The van der Waals surface area contributed by atoms with Crippen molar-refractivity contribution in [3.8, 4) is 0 Å². The molecule has 2 bridgehead atoms. The van der Waals surface area contributed by atoms with Gasteiger partial charge in [-0.3, -0.25) is 9.59 Å². The number of carboxylic acid groups (broad SMARTS) is 1. The number of carbonyl (C=O) groups excluding carboxylic acids is 1. The van der Waals surface area contributed by atoms with E-state index in [1.807, 2.05) is 12.2 Å². The van der Waals surface area contributed by atoms with Gasteiger partial charge in [0.1, 0.15) is 0 Å². The molecule has 0 aliphatic heterocycles. The molecule has 4 heteroatoms. The highest BCUT2D eigenvalue weighted by molar-refractivity contribution is 5.87. The van der Waals surface area contributed by atoms with Gasteiger partial charge in [-0.05, 0) is 49.4 Å². The molecule has 0 radical (unpaired) electrons. The molecule has 0 saturated heterocycles. The molecule has 1 amide bonds.